The molecular weight excluding hydrogens is 322 g/mol. The quantitative estimate of drug-likeness (QED) is 0.905. The zero-order valence-electron chi connectivity index (χ0n) is 13.7. The summed E-state index contributed by atoms with van der Waals surface area (Å²) in [6, 6.07) is 8.87. The van der Waals surface area contributed by atoms with Crippen LogP contribution in [0.2, 0.25) is 0 Å². The van der Waals surface area contributed by atoms with Crippen molar-refractivity contribution in [1.82, 2.24) is 15.2 Å². The lowest BCUT2D eigenvalue weighted by Gasteiger charge is -2.32. The molecule has 0 saturated carbocycles. The highest BCUT2D eigenvalue weighted by atomic mass is 32.1. The van der Waals surface area contributed by atoms with Gasteiger partial charge >= 0.3 is 0 Å². The molecule has 0 radical (unpaired) electrons. The molecule has 0 bridgehead atoms. The summed E-state index contributed by atoms with van der Waals surface area (Å²) in [5, 5.41) is 4.09. The van der Waals surface area contributed by atoms with Crippen LogP contribution in [-0.4, -0.2) is 47.6 Å². The highest BCUT2D eigenvalue weighted by Crippen LogP contribution is 2.27. The van der Waals surface area contributed by atoms with Gasteiger partial charge in [-0.25, -0.2) is 4.98 Å². The van der Waals surface area contributed by atoms with E-state index >= 15 is 0 Å². The molecule has 4 rings (SSSR count). The number of thiazole rings is 1. The van der Waals surface area contributed by atoms with E-state index in [0.717, 1.165) is 28.2 Å². The summed E-state index contributed by atoms with van der Waals surface area (Å²) in [6.07, 6.45) is 4.84. The smallest absolute Gasteiger partial charge is 0.246 e. The standard InChI is InChI=1S/C18H23N3O2S/c22-17(19-13-8-10-21-9-4-3-6-15(13)21)11-23-12-18-20-14-5-1-2-7-16(14)24-18/h1-2,5,7,13,15H,3-4,6,8-12H2,(H,19,22)/t13-,15-/m0/s1. The summed E-state index contributed by atoms with van der Waals surface area (Å²) >= 11 is 1.62. The molecule has 2 saturated heterocycles. The van der Waals surface area contributed by atoms with Gasteiger partial charge in [0, 0.05) is 18.6 Å². The maximum atomic E-state index is 12.2. The third-order valence-corrected chi connectivity index (χ3v) is 6.01. The van der Waals surface area contributed by atoms with Crippen LogP contribution >= 0.6 is 11.3 Å². The number of hydrogen-bond acceptors (Lipinski definition) is 5. The Morgan fingerprint density at radius 3 is 3.12 bits per heavy atom. The third kappa shape index (κ3) is 3.45. The van der Waals surface area contributed by atoms with E-state index in [0.29, 0.717) is 18.7 Å². The first kappa shape index (κ1) is 16.0. The highest BCUT2D eigenvalue weighted by molar-refractivity contribution is 7.18. The second-order valence-corrected chi connectivity index (χ2v) is 7.75. The van der Waals surface area contributed by atoms with Gasteiger partial charge in [0.2, 0.25) is 5.91 Å². The van der Waals surface area contributed by atoms with Gasteiger partial charge in [0.1, 0.15) is 11.6 Å². The normalized spacial score (nSPS) is 24.2. The van der Waals surface area contributed by atoms with Gasteiger partial charge < -0.3 is 10.1 Å². The predicted molar refractivity (Wildman–Crippen MR) is 95.0 cm³/mol. The van der Waals surface area contributed by atoms with E-state index < -0.39 is 0 Å². The number of nitrogens with one attached hydrogen (secondary N) is 1. The van der Waals surface area contributed by atoms with E-state index in [1.807, 2.05) is 18.2 Å². The molecule has 0 spiro atoms. The Labute approximate surface area is 146 Å². The van der Waals surface area contributed by atoms with Gasteiger partial charge in [0.15, 0.2) is 0 Å². The molecule has 2 aliphatic heterocycles. The minimum Gasteiger partial charge on any atom is -0.364 e. The highest BCUT2D eigenvalue weighted by Gasteiger charge is 2.36. The lowest BCUT2D eigenvalue weighted by molar-refractivity contribution is -0.127. The second-order valence-electron chi connectivity index (χ2n) is 6.63. The second kappa shape index (κ2) is 7.17. The Morgan fingerprint density at radius 2 is 2.21 bits per heavy atom. The maximum absolute atomic E-state index is 12.2. The van der Waals surface area contributed by atoms with Crippen LogP contribution in [0, 0.1) is 0 Å². The molecule has 24 heavy (non-hydrogen) atoms. The van der Waals surface area contributed by atoms with Crippen molar-refractivity contribution in [2.45, 2.75) is 44.4 Å². The van der Waals surface area contributed by atoms with E-state index in [9.17, 15) is 4.79 Å². The number of amides is 1. The van der Waals surface area contributed by atoms with E-state index in [1.165, 1.54) is 25.8 Å². The van der Waals surface area contributed by atoms with Crippen molar-refractivity contribution in [3.8, 4) is 0 Å². The fraction of sp³-hybridized carbons (Fsp3) is 0.556. The number of aromatic nitrogens is 1. The van der Waals surface area contributed by atoms with Gasteiger partial charge in [-0.15, -0.1) is 11.3 Å². The summed E-state index contributed by atoms with van der Waals surface area (Å²) in [6.45, 7) is 2.81. The van der Waals surface area contributed by atoms with Crippen molar-refractivity contribution in [1.29, 1.82) is 0 Å². The van der Waals surface area contributed by atoms with Crippen molar-refractivity contribution in [2.24, 2.45) is 0 Å². The summed E-state index contributed by atoms with van der Waals surface area (Å²) in [4.78, 5) is 19.2. The summed E-state index contributed by atoms with van der Waals surface area (Å²) < 4.78 is 6.74. The molecule has 2 fully saturated rings. The number of carbonyl (C=O) groups excluding carboxylic acids is 1. The lowest BCUT2D eigenvalue weighted by Crippen LogP contribution is -2.47. The summed E-state index contributed by atoms with van der Waals surface area (Å²) in [5.41, 5.74) is 0.994. The number of rotatable bonds is 5. The zero-order chi connectivity index (χ0) is 16.4. The number of hydrogen-bond donors (Lipinski definition) is 1. The van der Waals surface area contributed by atoms with Crippen molar-refractivity contribution >= 4 is 27.5 Å². The van der Waals surface area contributed by atoms with Crippen LogP contribution in [0.5, 0.6) is 0 Å². The molecular formula is C18H23N3O2S. The number of piperidine rings is 1. The third-order valence-electron chi connectivity index (χ3n) is 5.00. The van der Waals surface area contributed by atoms with Crippen LogP contribution < -0.4 is 5.32 Å². The Balaban J connectivity index is 1.24. The van der Waals surface area contributed by atoms with Gasteiger partial charge in [-0.05, 0) is 37.9 Å². The first-order valence-corrected chi connectivity index (χ1v) is 9.57. The minimum absolute atomic E-state index is 0.00599. The molecule has 1 N–H and O–H groups in total. The van der Waals surface area contributed by atoms with Crippen molar-refractivity contribution < 1.29 is 9.53 Å². The SMILES string of the molecule is O=C(COCc1nc2ccccc2s1)N[C@H]1CCN2CCCC[C@@H]12. The average Bonchev–Trinajstić information content (AvgIpc) is 3.19. The van der Waals surface area contributed by atoms with Gasteiger partial charge in [0.05, 0.1) is 16.8 Å². The molecule has 6 heteroatoms. The molecule has 1 aromatic carbocycles. The number of fused-ring (bicyclic) bond motifs is 2. The first-order chi connectivity index (χ1) is 11.8. The first-order valence-electron chi connectivity index (χ1n) is 8.75. The van der Waals surface area contributed by atoms with Crippen molar-refractivity contribution in [3.05, 3.63) is 29.3 Å². The fourth-order valence-corrected chi connectivity index (χ4v) is 4.78. The Morgan fingerprint density at radius 1 is 1.29 bits per heavy atom. The number of carbonyl (C=O) groups is 1. The van der Waals surface area contributed by atoms with Crippen LogP contribution in [-0.2, 0) is 16.1 Å². The molecule has 2 aliphatic rings. The Hall–Kier alpha value is -1.50. The van der Waals surface area contributed by atoms with E-state index in [-0.39, 0.29) is 12.5 Å². The summed E-state index contributed by atoms with van der Waals surface area (Å²) in [5.74, 6) is -0.00599. The lowest BCUT2D eigenvalue weighted by atomic mass is 9.99. The van der Waals surface area contributed by atoms with E-state index in [2.05, 4.69) is 21.3 Å². The van der Waals surface area contributed by atoms with Gasteiger partial charge in [-0.2, -0.15) is 0 Å². The Kier molecular flexibility index (Phi) is 4.78. The zero-order valence-corrected chi connectivity index (χ0v) is 14.6. The topological polar surface area (TPSA) is 54.5 Å². The number of benzene rings is 1. The molecule has 0 unspecified atom stereocenters. The van der Waals surface area contributed by atoms with Crippen LogP contribution in [0.3, 0.4) is 0 Å². The monoisotopic (exact) mass is 345 g/mol. The fourth-order valence-electron chi connectivity index (χ4n) is 3.88. The molecule has 2 atom stereocenters. The largest absolute Gasteiger partial charge is 0.364 e. The average molecular weight is 345 g/mol. The molecule has 5 nitrogen and oxygen atoms in total. The van der Waals surface area contributed by atoms with Crippen LogP contribution in [0.25, 0.3) is 10.2 Å². The summed E-state index contributed by atoms with van der Waals surface area (Å²) in [7, 11) is 0. The number of ether oxygens (including phenoxy) is 1. The molecule has 2 aromatic rings. The molecule has 128 valence electrons. The molecule has 1 aromatic heterocycles. The maximum Gasteiger partial charge on any atom is 0.246 e. The van der Waals surface area contributed by atoms with E-state index in [1.54, 1.807) is 11.3 Å². The molecule has 3 heterocycles. The van der Waals surface area contributed by atoms with Gasteiger partial charge in [-0.3, -0.25) is 9.69 Å². The van der Waals surface area contributed by atoms with Crippen LogP contribution in [0.15, 0.2) is 24.3 Å². The Bertz CT molecular complexity index is 684. The molecule has 1 amide bonds. The van der Waals surface area contributed by atoms with Crippen molar-refractivity contribution in [3.63, 3.8) is 0 Å². The van der Waals surface area contributed by atoms with Crippen molar-refractivity contribution in [2.75, 3.05) is 19.7 Å². The van der Waals surface area contributed by atoms with Crippen LogP contribution in [0.1, 0.15) is 30.7 Å². The predicted octanol–water partition coefficient (Wildman–Crippen LogP) is 2.56. The number of para-hydroxylation sites is 1. The minimum atomic E-state index is -0.00599. The van der Waals surface area contributed by atoms with Gasteiger partial charge in [0.25, 0.3) is 0 Å². The van der Waals surface area contributed by atoms with Crippen LogP contribution in [0.4, 0.5) is 0 Å². The van der Waals surface area contributed by atoms with Gasteiger partial charge in [-0.1, -0.05) is 18.6 Å². The number of nitrogens with zero attached hydrogens (tertiary/aromatic N) is 2. The van der Waals surface area contributed by atoms with E-state index in [4.69, 9.17) is 4.74 Å². The molecule has 0 aliphatic carbocycles.